The van der Waals surface area contributed by atoms with Crippen molar-refractivity contribution in [2.75, 3.05) is 13.1 Å². The van der Waals surface area contributed by atoms with Crippen LogP contribution < -0.4 is 14.8 Å². The van der Waals surface area contributed by atoms with Gasteiger partial charge in [-0.15, -0.1) is 12.4 Å². The molecule has 3 atom stereocenters. The summed E-state index contributed by atoms with van der Waals surface area (Å²) in [5.74, 6) is -2.31. The number of halogens is 1. The van der Waals surface area contributed by atoms with E-state index in [1.807, 2.05) is 0 Å². The third-order valence-electron chi connectivity index (χ3n) is 7.21. The fourth-order valence-electron chi connectivity index (χ4n) is 4.96. The molecule has 224 valence electrons. The van der Waals surface area contributed by atoms with E-state index in [-0.39, 0.29) is 54.2 Å². The van der Waals surface area contributed by atoms with Crippen molar-refractivity contribution >= 4 is 36.2 Å². The molecule has 10 heteroatoms. The van der Waals surface area contributed by atoms with E-state index in [0.29, 0.717) is 11.6 Å². The molecule has 0 saturated carbocycles. The lowest BCUT2D eigenvalue weighted by Gasteiger charge is -2.42. The molecule has 1 aromatic carbocycles. The number of hydrogen-bond acceptors (Lipinski definition) is 8. The van der Waals surface area contributed by atoms with Gasteiger partial charge < -0.3 is 24.4 Å². The van der Waals surface area contributed by atoms with Crippen LogP contribution in [0.5, 0.6) is 11.5 Å². The van der Waals surface area contributed by atoms with Crippen molar-refractivity contribution in [3.63, 3.8) is 0 Å². The topological polar surface area (TPSA) is 111 Å². The van der Waals surface area contributed by atoms with Crippen LogP contribution in [0.4, 0.5) is 0 Å². The molecule has 0 aliphatic carbocycles. The third kappa shape index (κ3) is 9.47. The molecule has 2 saturated heterocycles. The number of esters is 3. The summed E-state index contributed by atoms with van der Waals surface area (Å²) in [7, 11) is 0. The summed E-state index contributed by atoms with van der Waals surface area (Å²) in [6, 6.07) is 4.32. The second-order valence-corrected chi connectivity index (χ2v) is 11.6. The van der Waals surface area contributed by atoms with Crippen LogP contribution in [0.2, 0.25) is 0 Å². The molecule has 2 aliphatic heterocycles. The number of carbonyl (C=O) groups excluding carboxylic acids is 4. The van der Waals surface area contributed by atoms with Crippen LogP contribution in [0.25, 0.3) is 0 Å². The number of nitrogens with zero attached hydrogens (tertiary/aromatic N) is 1. The van der Waals surface area contributed by atoms with E-state index >= 15 is 0 Å². The second-order valence-electron chi connectivity index (χ2n) is 11.6. The molecule has 1 aromatic rings. The molecule has 9 nitrogen and oxygen atoms in total. The molecular weight excluding hydrogens is 536 g/mol. The van der Waals surface area contributed by atoms with Crippen molar-refractivity contribution in [2.45, 2.75) is 98.3 Å². The van der Waals surface area contributed by atoms with Crippen LogP contribution in [0, 0.1) is 17.8 Å². The minimum atomic E-state index is -0.915. The van der Waals surface area contributed by atoms with E-state index in [2.05, 4.69) is 10.2 Å². The highest BCUT2D eigenvalue weighted by atomic mass is 35.5. The number of fused-ring (bicyclic) bond motifs is 1. The maximum Gasteiger partial charge on any atom is 0.329 e. The van der Waals surface area contributed by atoms with Crippen molar-refractivity contribution in [2.24, 2.45) is 17.8 Å². The Hall–Kier alpha value is -2.65. The normalized spacial score (nSPS) is 19.8. The van der Waals surface area contributed by atoms with Crippen molar-refractivity contribution in [1.82, 2.24) is 10.2 Å². The van der Waals surface area contributed by atoms with E-state index in [0.717, 1.165) is 32.4 Å². The molecular formula is C30H45ClN2O7. The second kappa shape index (κ2) is 15.4. The first-order chi connectivity index (χ1) is 18.4. The van der Waals surface area contributed by atoms with Gasteiger partial charge in [0.25, 0.3) is 0 Å². The molecule has 0 bridgehead atoms. The van der Waals surface area contributed by atoms with Crippen LogP contribution in [0.15, 0.2) is 18.2 Å². The molecule has 3 rings (SSSR count). The predicted octanol–water partition coefficient (Wildman–Crippen LogP) is 4.47. The maximum atomic E-state index is 13.3. The Morgan fingerprint density at radius 1 is 0.875 bits per heavy atom. The van der Waals surface area contributed by atoms with E-state index in [1.165, 1.54) is 12.8 Å². The molecule has 0 radical (unpaired) electrons. The molecule has 40 heavy (non-hydrogen) atoms. The fraction of sp³-hybridized carbons (Fsp3) is 0.667. The molecule has 2 heterocycles. The van der Waals surface area contributed by atoms with Gasteiger partial charge in [-0.3, -0.25) is 14.4 Å². The monoisotopic (exact) mass is 580 g/mol. The first-order valence-corrected chi connectivity index (χ1v) is 14.3. The number of benzene rings is 1. The lowest BCUT2D eigenvalue weighted by atomic mass is 9.85. The summed E-state index contributed by atoms with van der Waals surface area (Å²) in [4.78, 5) is 53.4. The number of ether oxygens (including phenoxy) is 3. The van der Waals surface area contributed by atoms with Crippen molar-refractivity contribution in [3.8, 4) is 11.5 Å². The standard InChI is InChI=1S/C30H44N2O7.ClH/c1-18(2)28(34)38-25-11-10-21(16-26(25)39-29(35)19(3)4)15-24(30(36)37-20(5)6)31-27(33)22-12-14-32-13-8-7-9-23(32)17-22;/h10-11,16,18-20,22-24H,7-9,12-15,17H2,1-6H3,(H,31,33);1H/t22?,23?,24-;/m0./s1. The largest absolute Gasteiger partial charge is 0.461 e. The Balaban J connectivity index is 0.00000560. The zero-order chi connectivity index (χ0) is 28.7. The highest BCUT2D eigenvalue weighted by Gasteiger charge is 2.35. The summed E-state index contributed by atoms with van der Waals surface area (Å²) >= 11 is 0. The van der Waals surface area contributed by atoms with Crippen LogP contribution in [-0.2, 0) is 30.3 Å². The third-order valence-corrected chi connectivity index (χ3v) is 7.21. The number of amides is 1. The lowest BCUT2D eigenvalue weighted by Crippen LogP contribution is -2.51. The van der Waals surface area contributed by atoms with Crippen molar-refractivity contribution in [1.29, 1.82) is 0 Å². The smallest absolute Gasteiger partial charge is 0.329 e. The average Bonchev–Trinajstić information content (AvgIpc) is 2.88. The average molecular weight is 581 g/mol. The van der Waals surface area contributed by atoms with E-state index in [4.69, 9.17) is 14.2 Å². The fourth-order valence-corrected chi connectivity index (χ4v) is 4.96. The van der Waals surface area contributed by atoms with Gasteiger partial charge in [0, 0.05) is 18.4 Å². The Bertz CT molecular complexity index is 1040. The van der Waals surface area contributed by atoms with Gasteiger partial charge in [-0.2, -0.15) is 0 Å². The van der Waals surface area contributed by atoms with Gasteiger partial charge in [-0.1, -0.05) is 40.2 Å². The molecule has 2 fully saturated rings. The van der Waals surface area contributed by atoms with Gasteiger partial charge in [0.05, 0.1) is 17.9 Å². The summed E-state index contributed by atoms with van der Waals surface area (Å²) < 4.78 is 16.5. The molecule has 2 aliphatic rings. The highest BCUT2D eigenvalue weighted by Crippen LogP contribution is 2.32. The Kier molecular flexibility index (Phi) is 12.9. The van der Waals surface area contributed by atoms with Crippen LogP contribution >= 0.6 is 12.4 Å². The zero-order valence-electron chi connectivity index (χ0n) is 24.6. The Labute approximate surface area is 244 Å². The van der Waals surface area contributed by atoms with E-state index in [1.54, 1.807) is 59.7 Å². The number of rotatable bonds is 10. The van der Waals surface area contributed by atoms with Crippen LogP contribution in [-0.4, -0.2) is 60.0 Å². The molecule has 1 amide bonds. The van der Waals surface area contributed by atoms with Gasteiger partial charge in [0.2, 0.25) is 5.91 Å². The van der Waals surface area contributed by atoms with Gasteiger partial charge in [-0.25, -0.2) is 4.79 Å². The van der Waals surface area contributed by atoms with E-state index in [9.17, 15) is 19.2 Å². The number of piperidine rings is 2. The van der Waals surface area contributed by atoms with Crippen molar-refractivity contribution in [3.05, 3.63) is 23.8 Å². The predicted molar refractivity (Wildman–Crippen MR) is 153 cm³/mol. The number of carbonyl (C=O) groups is 4. The van der Waals surface area contributed by atoms with Crippen LogP contribution in [0.3, 0.4) is 0 Å². The molecule has 1 N–H and O–H groups in total. The number of nitrogens with one attached hydrogen (secondary N) is 1. The minimum absolute atomic E-state index is 0. The number of hydrogen-bond donors (Lipinski definition) is 1. The quantitative estimate of drug-likeness (QED) is 0.319. The highest BCUT2D eigenvalue weighted by molar-refractivity contribution is 5.86. The van der Waals surface area contributed by atoms with Gasteiger partial charge in [0.15, 0.2) is 11.5 Å². The zero-order valence-corrected chi connectivity index (χ0v) is 25.4. The Morgan fingerprint density at radius 3 is 2.15 bits per heavy atom. The van der Waals surface area contributed by atoms with E-state index < -0.39 is 29.9 Å². The first-order valence-electron chi connectivity index (χ1n) is 14.3. The summed E-state index contributed by atoms with van der Waals surface area (Å²) in [6.07, 6.45) is 4.84. The minimum Gasteiger partial charge on any atom is -0.461 e. The summed E-state index contributed by atoms with van der Waals surface area (Å²) in [5, 5.41) is 2.95. The maximum absolute atomic E-state index is 13.3. The van der Waals surface area contributed by atoms with Gasteiger partial charge >= 0.3 is 17.9 Å². The SMILES string of the molecule is CC(C)OC(=O)[C@H](Cc1ccc(OC(=O)C(C)C)c(OC(=O)C(C)C)c1)NC(=O)C1CCN2CCCCC2C1.Cl. The Morgan fingerprint density at radius 2 is 1.52 bits per heavy atom. The molecule has 0 spiro atoms. The summed E-state index contributed by atoms with van der Waals surface area (Å²) in [5.41, 5.74) is 0.624. The first kappa shape index (κ1) is 33.6. The van der Waals surface area contributed by atoms with Crippen LogP contribution in [0.1, 0.15) is 79.2 Å². The van der Waals surface area contributed by atoms with Crippen molar-refractivity contribution < 1.29 is 33.4 Å². The van der Waals surface area contributed by atoms with Gasteiger partial charge in [-0.05, 0) is 70.3 Å². The summed E-state index contributed by atoms with van der Waals surface area (Å²) in [6.45, 7) is 12.3. The molecule has 2 unspecified atom stereocenters. The van der Waals surface area contributed by atoms with Gasteiger partial charge in [0.1, 0.15) is 6.04 Å². The molecule has 0 aromatic heterocycles. The lowest BCUT2D eigenvalue weighted by molar-refractivity contribution is -0.152.